The highest BCUT2D eigenvalue weighted by Gasteiger charge is 2.34. The minimum absolute atomic E-state index is 0.0378. The van der Waals surface area contributed by atoms with Gasteiger partial charge < -0.3 is 10.2 Å². The summed E-state index contributed by atoms with van der Waals surface area (Å²) in [6.45, 7) is 7.45. The van der Waals surface area contributed by atoms with E-state index in [0.29, 0.717) is 13.0 Å². The van der Waals surface area contributed by atoms with Gasteiger partial charge in [0.25, 0.3) is 15.7 Å². The minimum atomic E-state index is -4.32. The van der Waals surface area contributed by atoms with E-state index in [0.717, 1.165) is 21.5 Å². The molecule has 0 saturated carbocycles. The first-order chi connectivity index (χ1) is 19.4. The first kappa shape index (κ1) is 31.3. The smallest absolute Gasteiger partial charge is 0.271 e. The molecule has 0 aliphatic heterocycles. The van der Waals surface area contributed by atoms with Crippen LogP contribution in [0.5, 0.6) is 0 Å². The predicted octanol–water partition coefficient (Wildman–Crippen LogP) is 4.68. The Labute approximate surface area is 241 Å². The summed E-state index contributed by atoms with van der Waals surface area (Å²) in [5.41, 5.74) is 1.39. The van der Waals surface area contributed by atoms with Crippen LogP contribution in [0.3, 0.4) is 0 Å². The number of amides is 2. The maximum atomic E-state index is 14.1. The van der Waals surface area contributed by atoms with E-state index in [1.807, 2.05) is 45.0 Å². The van der Waals surface area contributed by atoms with Crippen molar-refractivity contribution in [3.8, 4) is 0 Å². The number of benzene rings is 3. The fraction of sp³-hybridized carbons (Fsp3) is 0.333. The lowest BCUT2D eigenvalue weighted by Crippen LogP contribution is -2.52. The second-order valence-electron chi connectivity index (χ2n) is 10.2. The van der Waals surface area contributed by atoms with Crippen molar-refractivity contribution in [2.45, 2.75) is 51.6 Å². The van der Waals surface area contributed by atoms with Crippen molar-refractivity contribution in [1.29, 1.82) is 0 Å². The lowest BCUT2D eigenvalue weighted by atomic mass is 10.1. The summed E-state index contributed by atoms with van der Waals surface area (Å²) in [6.07, 6.45) is 0.295. The lowest BCUT2D eigenvalue weighted by Gasteiger charge is -2.33. The maximum absolute atomic E-state index is 14.1. The largest absolute Gasteiger partial charge is 0.354 e. The molecule has 0 aliphatic carbocycles. The predicted molar refractivity (Wildman–Crippen MR) is 158 cm³/mol. The van der Waals surface area contributed by atoms with Gasteiger partial charge in [-0.1, -0.05) is 74.9 Å². The molecule has 0 fully saturated rings. The van der Waals surface area contributed by atoms with Gasteiger partial charge in [0.05, 0.1) is 15.5 Å². The topological polar surface area (TPSA) is 130 Å². The molecule has 3 aromatic rings. The molecule has 2 amide bonds. The number of carbonyl (C=O) groups is 2. The van der Waals surface area contributed by atoms with Crippen LogP contribution in [-0.4, -0.2) is 49.2 Å². The molecule has 41 heavy (non-hydrogen) atoms. The van der Waals surface area contributed by atoms with Gasteiger partial charge in [-0.15, -0.1) is 0 Å². The lowest BCUT2D eigenvalue weighted by molar-refractivity contribution is -0.384. The second-order valence-corrected chi connectivity index (χ2v) is 12.0. The van der Waals surface area contributed by atoms with E-state index < -0.39 is 33.4 Å². The van der Waals surface area contributed by atoms with E-state index in [4.69, 9.17) is 0 Å². The van der Waals surface area contributed by atoms with Crippen molar-refractivity contribution in [3.63, 3.8) is 0 Å². The van der Waals surface area contributed by atoms with Crippen LogP contribution < -0.4 is 9.62 Å². The quantitative estimate of drug-likeness (QED) is 0.231. The Morgan fingerprint density at radius 1 is 0.976 bits per heavy atom. The maximum Gasteiger partial charge on any atom is 0.271 e. The van der Waals surface area contributed by atoms with Crippen molar-refractivity contribution >= 4 is 33.2 Å². The molecule has 0 heterocycles. The molecule has 218 valence electrons. The number of hydrogen-bond acceptors (Lipinski definition) is 6. The zero-order valence-corrected chi connectivity index (χ0v) is 24.5. The van der Waals surface area contributed by atoms with Crippen LogP contribution in [0, 0.1) is 23.0 Å². The molecule has 1 N–H and O–H groups in total. The number of sulfonamides is 1. The molecule has 0 aromatic heterocycles. The van der Waals surface area contributed by atoms with Crippen molar-refractivity contribution in [3.05, 3.63) is 100 Å². The number of carbonyl (C=O) groups excluding carboxylic acids is 2. The summed E-state index contributed by atoms with van der Waals surface area (Å²) in [5, 5.41) is 14.4. The van der Waals surface area contributed by atoms with E-state index >= 15 is 0 Å². The summed E-state index contributed by atoms with van der Waals surface area (Å²) >= 11 is 0. The second kappa shape index (κ2) is 13.9. The molecule has 0 spiro atoms. The normalized spacial score (nSPS) is 12.0. The van der Waals surface area contributed by atoms with Gasteiger partial charge in [0.1, 0.15) is 12.6 Å². The zero-order chi connectivity index (χ0) is 30.2. The number of hydrogen-bond donors (Lipinski definition) is 1. The number of nitro groups is 1. The van der Waals surface area contributed by atoms with E-state index in [9.17, 15) is 28.1 Å². The van der Waals surface area contributed by atoms with E-state index in [2.05, 4.69) is 5.32 Å². The van der Waals surface area contributed by atoms with Gasteiger partial charge in [-0.05, 0) is 43.0 Å². The van der Waals surface area contributed by atoms with Crippen LogP contribution in [0.15, 0.2) is 83.8 Å². The van der Waals surface area contributed by atoms with E-state index in [-0.39, 0.29) is 34.6 Å². The van der Waals surface area contributed by atoms with Gasteiger partial charge in [-0.25, -0.2) is 8.42 Å². The molecule has 3 aromatic carbocycles. The van der Waals surface area contributed by atoms with Crippen LogP contribution >= 0.6 is 0 Å². The monoisotopic (exact) mass is 580 g/mol. The number of anilines is 1. The fourth-order valence-electron chi connectivity index (χ4n) is 4.36. The molecule has 0 bridgehead atoms. The molecule has 1 atom stereocenters. The third-order valence-corrected chi connectivity index (χ3v) is 8.23. The van der Waals surface area contributed by atoms with Crippen LogP contribution in [0.1, 0.15) is 38.3 Å². The van der Waals surface area contributed by atoms with Crippen LogP contribution in [0.4, 0.5) is 11.4 Å². The number of aryl methyl sites for hydroxylation is 1. The van der Waals surface area contributed by atoms with E-state index in [1.165, 1.54) is 35.2 Å². The molecule has 0 aliphatic rings. The summed E-state index contributed by atoms with van der Waals surface area (Å²) in [6, 6.07) is 19.3. The average Bonchev–Trinajstić information content (AvgIpc) is 2.95. The van der Waals surface area contributed by atoms with Gasteiger partial charge in [-0.3, -0.25) is 24.0 Å². The van der Waals surface area contributed by atoms with Crippen molar-refractivity contribution in [2.24, 2.45) is 5.92 Å². The Bertz CT molecular complexity index is 1480. The highest BCUT2D eigenvalue weighted by Crippen LogP contribution is 2.28. The Morgan fingerprint density at radius 2 is 1.66 bits per heavy atom. The number of nitro benzene ring substituents is 1. The number of nitrogens with zero attached hydrogens (tertiary/aromatic N) is 3. The molecule has 0 radical (unpaired) electrons. The van der Waals surface area contributed by atoms with Gasteiger partial charge >= 0.3 is 0 Å². The highest BCUT2D eigenvalue weighted by molar-refractivity contribution is 7.92. The van der Waals surface area contributed by atoms with Crippen LogP contribution in [0.25, 0.3) is 0 Å². The van der Waals surface area contributed by atoms with Gasteiger partial charge in [0, 0.05) is 25.2 Å². The summed E-state index contributed by atoms with van der Waals surface area (Å²) in [4.78, 5) is 39.5. The van der Waals surface area contributed by atoms with Crippen molar-refractivity contribution in [1.82, 2.24) is 10.2 Å². The molecule has 3 rings (SSSR count). The Hall–Kier alpha value is -4.25. The Balaban J connectivity index is 2.08. The molecular formula is C30H36N4O6S. The van der Waals surface area contributed by atoms with Crippen molar-refractivity contribution < 1.29 is 22.9 Å². The van der Waals surface area contributed by atoms with E-state index in [1.54, 1.807) is 25.1 Å². The van der Waals surface area contributed by atoms with Gasteiger partial charge in [0.2, 0.25) is 11.8 Å². The van der Waals surface area contributed by atoms with Gasteiger partial charge in [0.15, 0.2) is 0 Å². The first-order valence-electron chi connectivity index (χ1n) is 13.4. The van der Waals surface area contributed by atoms with Crippen molar-refractivity contribution in [2.75, 3.05) is 17.4 Å². The molecule has 10 nitrogen and oxygen atoms in total. The zero-order valence-electron chi connectivity index (χ0n) is 23.7. The standard InChI is InChI=1S/C30H36N4O6S/c1-5-28(30(36)31-19-22(2)3)32(20-24-12-9-11-23(4)17-24)29(35)21-33(25-13-10-14-26(18-25)34(37)38)41(39,40)27-15-7-6-8-16-27/h6-18,22,28H,5,19-21H2,1-4H3,(H,31,36)/t28-/m1/s1. The van der Waals surface area contributed by atoms with Crippen LogP contribution in [-0.2, 0) is 26.2 Å². The highest BCUT2D eigenvalue weighted by atomic mass is 32.2. The minimum Gasteiger partial charge on any atom is -0.354 e. The van der Waals surface area contributed by atoms with Crippen LogP contribution in [0.2, 0.25) is 0 Å². The third-order valence-electron chi connectivity index (χ3n) is 6.44. The molecular weight excluding hydrogens is 544 g/mol. The number of rotatable bonds is 13. The average molecular weight is 581 g/mol. The summed E-state index contributed by atoms with van der Waals surface area (Å²) in [5.74, 6) is -0.767. The Morgan fingerprint density at radius 3 is 2.27 bits per heavy atom. The SMILES string of the molecule is CC[C@H](C(=O)NCC(C)C)N(Cc1cccc(C)c1)C(=O)CN(c1cccc([N+](=O)[O-])c1)S(=O)(=O)c1ccccc1. The fourth-order valence-corrected chi connectivity index (χ4v) is 5.79. The summed E-state index contributed by atoms with van der Waals surface area (Å²) in [7, 11) is -4.32. The first-order valence-corrected chi connectivity index (χ1v) is 14.8. The molecule has 0 unspecified atom stereocenters. The third kappa shape index (κ3) is 8.14. The summed E-state index contributed by atoms with van der Waals surface area (Å²) < 4.78 is 28.5. The number of nitrogens with one attached hydrogen (secondary N) is 1. The number of non-ortho nitro benzene ring substituents is 1. The molecule has 11 heteroatoms. The van der Waals surface area contributed by atoms with Gasteiger partial charge in [-0.2, -0.15) is 0 Å². The Kier molecular flexibility index (Phi) is 10.6. The molecule has 0 saturated heterocycles.